The topological polar surface area (TPSA) is 6.48 Å². The number of alkyl halides is 1. The van der Waals surface area contributed by atoms with Crippen molar-refractivity contribution in [3.05, 3.63) is 29.8 Å². The molecule has 0 radical (unpaired) electrons. The minimum Gasteiger partial charge on any atom is -0.369 e. The molecule has 0 unspecified atom stereocenters. The van der Waals surface area contributed by atoms with E-state index in [1.165, 1.54) is 11.3 Å². The molecular weight excluding hydrogens is 252 g/mol. The summed E-state index contributed by atoms with van der Waals surface area (Å²) in [6.07, 6.45) is 0. The molecule has 2 nitrogen and oxygen atoms in total. The number of anilines is 1. The summed E-state index contributed by atoms with van der Waals surface area (Å²) in [5.74, 6) is 0. The average molecular weight is 269 g/mol. The third kappa shape index (κ3) is 2.52. The maximum absolute atomic E-state index is 3.55. The normalized spacial score (nSPS) is 18.1. The lowest BCUT2D eigenvalue weighted by molar-refractivity contribution is 0.312. The van der Waals surface area contributed by atoms with Crippen LogP contribution in [0, 0.1) is 0 Å². The Balaban J connectivity index is 2.15. The quantitative estimate of drug-likeness (QED) is 0.760. The van der Waals surface area contributed by atoms with Gasteiger partial charge in [-0.2, -0.15) is 0 Å². The smallest absolute Gasteiger partial charge is 0.0408 e. The van der Waals surface area contributed by atoms with Crippen molar-refractivity contribution in [2.45, 2.75) is 5.33 Å². The molecule has 1 aliphatic heterocycles. The monoisotopic (exact) mass is 268 g/mol. The predicted molar refractivity (Wildman–Crippen MR) is 68.8 cm³/mol. The molecule has 0 saturated carbocycles. The van der Waals surface area contributed by atoms with Gasteiger partial charge < -0.3 is 9.80 Å². The van der Waals surface area contributed by atoms with Gasteiger partial charge in [0.05, 0.1) is 0 Å². The Morgan fingerprint density at radius 3 is 2.47 bits per heavy atom. The van der Waals surface area contributed by atoms with Gasteiger partial charge in [0.2, 0.25) is 0 Å². The number of rotatable bonds is 2. The van der Waals surface area contributed by atoms with Gasteiger partial charge in [0, 0.05) is 37.2 Å². The van der Waals surface area contributed by atoms with Gasteiger partial charge in [-0.3, -0.25) is 0 Å². The van der Waals surface area contributed by atoms with E-state index in [1.807, 2.05) is 0 Å². The Hall–Kier alpha value is -0.540. The standard InChI is InChI=1S/C12H17BrN2/c1-14-6-8-15(9-7-14)12-5-3-2-4-11(12)10-13/h2-5H,6-10H2,1H3. The number of benzene rings is 1. The van der Waals surface area contributed by atoms with Crippen LogP contribution in [0.3, 0.4) is 0 Å². The Morgan fingerprint density at radius 1 is 1.13 bits per heavy atom. The second-order valence-electron chi connectivity index (χ2n) is 4.05. The highest BCUT2D eigenvalue weighted by Crippen LogP contribution is 2.23. The number of halogens is 1. The summed E-state index contributed by atoms with van der Waals surface area (Å²) in [5.41, 5.74) is 2.78. The van der Waals surface area contributed by atoms with Crippen LogP contribution in [0.4, 0.5) is 5.69 Å². The van der Waals surface area contributed by atoms with E-state index in [9.17, 15) is 0 Å². The Labute approximate surface area is 100 Å². The maximum Gasteiger partial charge on any atom is 0.0408 e. The van der Waals surface area contributed by atoms with Crippen molar-refractivity contribution in [1.29, 1.82) is 0 Å². The first kappa shape index (κ1) is 11.0. The first-order valence-electron chi connectivity index (χ1n) is 5.38. The molecule has 15 heavy (non-hydrogen) atoms. The van der Waals surface area contributed by atoms with Gasteiger partial charge in [0.15, 0.2) is 0 Å². The average Bonchev–Trinajstić information content (AvgIpc) is 2.30. The predicted octanol–water partition coefficient (Wildman–Crippen LogP) is 2.33. The molecule has 0 atom stereocenters. The van der Waals surface area contributed by atoms with Crippen LogP contribution >= 0.6 is 15.9 Å². The van der Waals surface area contributed by atoms with E-state index in [0.717, 1.165) is 31.5 Å². The highest BCUT2D eigenvalue weighted by Gasteiger charge is 2.15. The molecule has 82 valence electrons. The lowest BCUT2D eigenvalue weighted by Gasteiger charge is -2.35. The van der Waals surface area contributed by atoms with E-state index in [-0.39, 0.29) is 0 Å². The number of likely N-dealkylation sites (N-methyl/N-ethyl adjacent to an activating group) is 1. The van der Waals surface area contributed by atoms with Crippen LogP contribution in [0.2, 0.25) is 0 Å². The SMILES string of the molecule is CN1CCN(c2ccccc2CBr)CC1. The number of nitrogens with zero attached hydrogens (tertiary/aromatic N) is 2. The zero-order valence-electron chi connectivity index (χ0n) is 9.12. The summed E-state index contributed by atoms with van der Waals surface area (Å²) < 4.78 is 0. The molecule has 0 N–H and O–H groups in total. The molecule has 3 heteroatoms. The second kappa shape index (κ2) is 4.99. The summed E-state index contributed by atoms with van der Waals surface area (Å²) in [6, 6.07) is 8.65. The van der Waals surface area contributed by atoms with Gasteiger partial charge in [0.1, 0.15) is 0 Å². The minimum atomic E-state index is 0.940. The van der Waals surface area contributed by atoms with Gasteiger partial charge in [-0.05, 0) is 18.7 Å². The zero-order valence-corrected chi connectivity index (χ0v) is 10.7. The highest BCUT2D eigenvalue weighted by atomic mass is 79.9. The summed E-state index contributed by atoms with van der Waals surface area (Å²) in [4.78, 5) is 4.86. The summed E-state index contributed by atoms with van der Waals surface area (Å²) in [6.45, 7) is 4.61. The number of hydrogen-bond donors (Lipinski definition) is 0. The van der Waals surface area contributed by atoms with Crippen LogP contribution in [-0.4, -0.2) is 38.1 Å². The zero-order chi connectivity index (χ0) is 10.7. The molecule has 1 aromatic rings. The van der Waals surface area contributed by atoms with Crippen molar-refractivity contribution in [2.75, 3.05) is 38.1 Å². The Morgan fingerprint density at radius 2 is 1.80 bits per heavy atom. The van der Waals surface area contributed by atoms with Crippen LogP contribution < -0.4 is 4.90 Å². The molecular formula is C12H17BrN2. The number of para-hydroxylation sites is 1. The molecule has 0 spiro atoms. The second-order valence-corrected chi connectivity index (χ2v) is 4.61. The van der Waals surface area contributed by atoms with Crippen LogP contribution in [-0.2, 0) is 5.33 Å². The molecule has 0 aromatic heterocycles. The van der Waals surface area contributed by atoms with Crippen LogP contribution in [0.1, 0.15) is 5.56 Å². The first-order valence-corrected chi connectivity index (χ1v) is 6.51. The summed E-state index contributed by atoms with van der Waals surface area (Å²) in [7, 11) is 2.19. The third-order valence-corrected chi connectivity index (χ3v) is 3.58. The summed E-state index contributed by atoms with van der Waals surface area (Å²) >= 11 is 3.55. The Kier molecular flexibility index (Phi) is 3.65. The van der Waals surface area contributed by atoms with E-state index in [1.54, 1.807) is 0 Å². The molecule has 0 aliphatic carbocycles. The van der Waals surface area contributed by atoms with E-state index in [4.69, 9.17) is 0 Å². The van der Waals surface area contributed by atoms with Crippen LogP contribution in [0.15, 0.2) is 24.3 Å². The molecule has 1 saturated heterocycles. The maximum atomic E-state index is 3.55. The fourth-order valence-electron chi connectivity index (χ4n) is 1.98. The van der Waals surface area contributed by atoms with E-state index < -0.39 is 0 Å². The van der Waals surface area contributed by atoms with Gasteiger partial charge in [-0.25, -0.2) is 0 Å². The molecule has 2 rings (SSSR count). The van der Waals surface area contributed by atoms with Crippen molar-refractivity contribution in [3.8, 4) is 0 Å². The fraction of sp³-hybridized carbons (Fsp3) is 0.500. The largest absolute Gasteiger partial charge is 0.369 e. The lowest BCUT2D eigenvalue weighted by Crippen LogP contribution is -2.44. The van der Waals surface area contributed by atoms with Gasteiger partial charge in [0.25, 0.3) is 0 Å². The molecule has 1 aromatic carbocycles. The van der Waals surface area contributed by atoms with Crippen molar-refractivity contribution >= 4 is 21.6 Å². The molecule has 0 amide bonds. The van der Waals surface area contributed by atoms with Gasteiger partial charge in [-0.1, -0.05) is 34.1 Å². The van der Waals surface area contributed by atoms with E-state index in [0.29, 0.717) is 0 Å². The molecule has 1 heterocycles. The van der Waals surface area contributed by atoms with Gasteiger partial charge >= 0.3 is 0 Å². The fourth-order valence-corrected chi connectivity index (χ4v) is 2.45. The van der Waals surface area contributed by atoms with E-state index in [2.05, 4.69) is 57.0 Å². The third-order valence-electron chi connectivity index (χ3n) is 2.98. The Bertz CT molecular complexity index is 319. The highest BCUT2D eigenvalue weighted by molar-refractivity contribution is 9.08. The van der Waals surface area contributed by atoms with Crippen molar-refractivity contribution in [2.24, 2.45) is 0 Å². The van der Waals surface area contributed by atoms with Crippen LogP contribution in [0.25, 0.3) is 0 Å². The van der Waals surface area contributed by atoms with Crippen molar-refractivity contribution < 1.29 is 0 Å². The first-order chi connectivity index (χ1) is 7.31. The minimum absolute atomic E-state index is 0.940. The van der Waals surface area contributed by atoms with Crippen molar-refractivity contribution in [3.63, 3.8) is 0 Å². The molecule has 0 bridgehead atoms. The van der Waals surface area contributed by atoms with Gasteiger partial charge in [-0.15, -0.1) is 0 Å². The molecule has 1 fully saturated rings. The van der Waals surface area contributed by atoms with Crippen LogP contribution in [0.5, 0.6) is 0 Å². The van der Waals surface area contributed by atoms with Crippen molar-refractivity contribution in [1.82, 2.24) is 4.90 Å². The summed E-state index contributed by atoms with van der Waals surface area (Å²) in [5, 5.41) is 0.940. The number of piperazine rings is 1. The lowest BCUT2D eigenvalue weighted by atomic mass is 10.1. The number of hydrogen-bond acceptors (Lipinski definition) is 2. The van der Waals surface area contributed by atoms with E-state index >= 15 is 0 Å². The molecule has 1 aliphatic rings.